The van der Waals surface area contributed by atoms with Gasteiger partial charge in [0.25, 0.3) is 0 Å². The van der Waals surface area contributed by atoms with Gasteiger partial charge in [0, 0.05) is 12.5 Å². The summed E-state index contributed by atoms with van der Waals surface area (Å²) in [6.45, 7) is 3.90. The van der Waals surface area contributed by atoms with Crippen LogP contribution in [0, 0.1) is 11.8 Å². The molecule has 0 heterocycles. The summed E-state index contributed by atoms with van der Waals surface area (Å²) in [5, 5.41) is 6.09. The Balaban J connectivity index is 2.06. The second kappa shape index (κ2) is 5.22. The van der Waals surface area contributed by atoms with Crippen LogP contribution in [0.5, 0.6) is 0 Å². The normalized spacial score (nSPS) is 19.2. The number of carbonyl (C=O) groups excluding carboxylic acids is 1. The minimum atomic E-state index is 0.259. The number of carbonyl (C=O) groups is 1. The second-order valence-electron chi connectivity index (χ2n) is 4.04. The Morgan fingerprint density at radius 1 is 1.46 bits per heavy atom. The molecule has 0 saturated heterocycles. The minimum absolute atomic E-state index is 0.259. The first-order chi connectivity index (χ1) is 6.24. The van der Waals surface area contributed by atoms with E-state index in [9.17, 15) is 4.79 Å². The third kappa shape index (κ3) is 3.35. The monoisotopic (exact) mass is 184 g/mol. The molecule has 0 aromatic heterocycles. The molecule has 1 rings (SSSR count). The van der Waals surface area contributed by atoms with E-state index in [-0.39, 0.29) is 5.91 Å². The van der Waals surface area contributed by atoms with Crippen molar-refractivity contribution in [3.8, 4) is 0 Å². The van der Waals surface area contributed by atoms with Gasteiger partial charge in [0.1, 0.15) is 0 Å². The highest BCUT2D eigenvalue weighted by Gasteiger charge is 2.24. The highest BCUT2D eigenvalue weighted by atomic mass is 16.1. The van der Waals surface area contributed by atoms with Crippen molar-refractivity contribution >= 4 is 5.91 Å². The van der Waals surface area contributed by atoms with E-state index in [1.807, 2.05) is 7.05 Å². The molecule has 0 aliphatic heterocycles. The number of hydrogen-bond acceptors (Lipinski definition) is 2. The van der Waals surface area contributed by atoms with E-state index in [2.05, 4.69) is 17.6 Å². The van der Waals surface area contributed by atoms with E-state index < -0.39 is 0 Å². The van der Waals surface area contributed by atoms with E-state index in [0.717, 1.165) is 25.9 Å². The van der Waals surface area contributed by atoms with Crippen LogP contribution in [0.2, 0.25) is 0 Å². The lowest BCUT2D eigenvalue weighted by Gasteiger charge is -2.24. The van der Waals surface area contributed by atoms with Crippen LogP contribution in [0.15, 0.2) is 0 Å². The van der Waals surface area contributed by atoms with Gasteiger partial charge < -0.3 is 10.6 Å². The number of hydrogen-bond donors (Lipinski definition) is 2. The molecule has 13 heavy (non-hydrogen) atoms. The Kier molecular flexibility index (Phi) is 4.22. The van der Waals surface area contributed by atoms with Gasteiger partial charge in [-0.1, -0.05) is 13.3 Å². The van der Waals surface area contributed by atoms with Gasteiger partial charge in [-0.05, 0) is 32.4 Å². The van der Waals surface area contributed by atoms with Crippen LogP contribution >= 0.6 is 0 Å². The van der Waals surface area contributed by atoms with Gasteiger partial charge in [-0.3, -0.25) is 4.79 Å². The standard InChI is InChI=1S/C10H20N2O/c1-8(6-11-2)7-12-10(13)9-4-3-5-9/h8-9,11H,3-7H2,1-2H3,(H,12,13). The molecule has 1 amide bonds. The summed E-state index contributed by atoms with van der Waals surface area (Å²) in [6, 6.07) is 0. The van der Waals surface area contributed by atoms with Crippen LogP contribution in [0.4, 0.5) is 0 Å². The maximum absolute atomic E-state index is 11.4. The van der Waals surface area contributed by atoms with Crippen LogP contribution in [0.3, 0.4) is 0 Å². The van der Waals surface area contributed by atoms with Gasteiger partial charge in [0.05, 0.1) is 0 Å². The Bertz CT molecular complexity index is 166. The first kappa shape index (κ1) is 10.5. The highest BCUT2D eigenvalue weighted by molar-refractivity contribution is 5.79. The van der Waals surface area contributed by atoms with Crippen molar-refractivity contribution in [2.75, 3.05) is 20.1 Å². The molecule has 3 nitrogen and oxygen atoms in total. The van der Waals surface area contributed by atoms with Crippen LogP contribution in [-0.2, 0) is 4.79 Å². The van der Waals surface area contributed by atoms with Crippen molar-refractivity contribution in [1.82, 2.24) is 10.6 Å². The smallest absolute Gasteiger partial charge is 0.223 e. The van der Waals surface area contributed by atoms with Crippen molar-refractivity contribution in [1.29, 1.82) is 0 Å². The molecular weight excluding hydrogens is 164 g/mol. The van der Waals surface area contributed by atoms with Crippen molar-refractivity contribution in [2.45, 2.75) is 26.2 Å². The molecule has 0 aromatic carbocycles. The number of amides is 1. The molecule has 1 aliphatic rings. The lowest BCUT2D eigenvalue weighted by atomic mass is 9.85. The number of nitrogens with one attached hydrogen (secondary N) is 2. The lowest BCUT2D eigenvalue weighted by molar-refractivity contribution is -0.127. The van der Waals surface area contributed by atoms with Crippen molar-refractivity contribution in [2.24, 2.45) is 11.8 Å². The van der Waals surface area contributed by atoms with Gasteiger partial charge in [0.2, 0.25) is 5.91 Å². The number of rotatable bonds is 5. The maximum Gasteiger partial charge on any atom is 0.223 e. The largest absolute Gasteiger partial charge is 0.356 e. The summed E-state index contributed by atoms with van der Waals surface area (Å²) in [6.07, 6.45) is 3.41. The van der Waals surface area contributed by atoms with E-state index in [1.165, 1.54) is 6.42 Å². The van der Waals surface area contributed by atoms with Gasteiger partial charge in [-0.15, -0.1) is 0 Å². The fourth-order valence-corrected chi connectivity index (χ4v) is 1.51. The molecule has 0 aromatic rings. The van der Waals surface area contributed by atoms with Crippen molar-refractivity contribution in [3.05, 3.63) is 0 Å². The molecule has 2 N–H and O–H groups in total. The minimum Gasteiger partial charge on any atom is -0.356 e. The second-order valence-corrected chi connectivity index (χ2v) is 4.04. The van der Waals surface area contributed by atoms with Crippen molar-refractivity contribution < 1.29 is 4.79 Å². The lowest BCUT2D eigenvalue weighted by Crippen LogP contribution is -2.38. The van der Waals surface area contributed by atoms with E-state index in [0.29, 0.717) is 11.8 Å². The summed E-state index contributed by atoms with van der Waals surface area (Å²) < 4.78 is 0. The quantitative estimate of drug-likeness (QED) is 0.662. The molecule has 0 spiro atoms. The molecule has 1 fully saturated rings. The summed E-state index contributed by atoms with van der Waals surface area (Å²) in [5.41, 5.74) is 0. The predicted molar refractivity (Wildman–Crippen MR) is 53.4 cm³/mol. The fraction of sp³-hybridized carbons (Fsp3) is 0.900. The van der Waals surface area contributed by atoms with Crippen LogP contribution in [0.1, 0.15) is 26.2 Å². The Morgan fingerprint density at radius 3 is 2.62 bits per heavy atom. The van der Waals surface area contributed by atoms with Gasteiger partial charge >= 0.3 is 0 Å². The van der Waals surface area contributed by atoms with Gasteiger partial charge in [-0.2, -0.15) is 0 Å². The molecule has 1 aliphatic carbocycles. The first-order valence-corrected chi connectivity index (χ1v) is 5.16. The first-order valence-electron chi connectivity index (χ1n) is 5.16. The average molecular weight is 184 g/mol. The molecule has 0 radical (unpaired) electrons. The van der Waals surface area contributed by atoms with Crippen molar-refractivity contribution in [3.63, 3.8) is 0 Å². The summed E-state index contributed by atoms with van der Waals surface area (Å²) in [7, 11) is 1.93. The van der Waals surface area contributed by atoms with Crippen LogP contribution < -0.4 is 10.6 Å². The topological polar surface area (TPSA) is 41.1 Å². The predicted octanol–water partition coefficient (Wildman–Crippen LogP) is 0.758. The molecular formula is C10H20N2O. The molecule has 3 heteroatoms. The zero-order valence-electron chi connectivity index (χ0n) is 8.60. The molecule has 76 valence electrons. The maximum atomic E-state index is 11.4. The summed E-state index contributed by atoms with van der Waals surface area (Å²) >= 11 is 0. The van der Waals surface area contributed by atoms with E-state index >= 15 is 0 Å². The van der Waals surface area contributed by atoms with Gasteiger partial charge in [-0.25, -0.2) is 0 Å². The average Bonchev–Trinajstić information content (AvgIpc) is 1.98. The summed E-state index contributed by atoms with van der Waals surface area (Å²) in [4.78, 5) is 11.4. The fourth-order valence-electron chi connectivity index (χ4n) is 1.51. The molecule has 1 unspecified atom stereocenters. The third-order valence-corrected chi connectivity index (χ3v) is 2.65. The highest BCUT2D eigenvalue weighted by Crippen LogP contribution is 2.26. The zero-order valence-corrected chi connectivity index (χ0v) is 8.60. The molecule has 1 atom stereocenters. The van der Waals surface area contributed by atoms with Gasteiger partial charge in [0.15, 0.2) is 0 Å². The SMILES string of the molecule is CNCC(C)CNC(=O)C1CCC1. The third-order valence-electron chi connectivity index (χ3n) is 2.65. The summed E-state index contributed by atoms with van der Waals surface area (Å²) in [5.74, 6) is 1.10. The molecule has 0 bridgehead atoms. The Labute approximate surface area is 80.3 Å². The van der Waals surface area contributed by atoms with E-state index in [1.54, 1.807) is 0 Å². The van der Waals surface area contributed by atoms with Crippen LogP contribution in [0.25, 0.3) is 0 Å². The Hall–Kier alpha value is -0.570. The van der Waals surface area contributed by atoms with E-state index in [4.69, 9.17) is 0 Å². The molecule has 1 saturated carbocycles. The zero-order chi connectivity index (χ0) is 9.68. The Morgan fingerprint density at radius 2 is 2.15 bits per heavy atom. The van der Waals surface area contributed by atoms with Crippen LogP contribution in [-0.4, -0.2) is 26.0 Å².